The summed E-state index contributed by atoms with van der Waals surface area (Å²) in [5, 5.41) is 10.5. The Hall–Kier alpha value is -3.49. The standard InChI is InChI=1S/C22H19Cl2F3N2O4S.C15H13BrClF3N2O3S.C7H5ClO.C3H7.ClH.Mg/c1-13-9-19(20(28-11-13)21(30)15-5-3-4-6-17(15)23)29(12-33-2)34(31,32)14-7-8-18(24)16(10-14)22(25,26)27;1-9-5-13(14(16)21-7-9)22(8-25-2)26(23,24)10-3-4-12(17)11(6-10)15(18,19)20;8-7-4-2-1-3-6(7)5-9;1-3-2;;/h3-11,21,30H,12H2,1-2H3;3-7H,8H2,1-2H3;1-5H;3H,1-2H3;1H;/q;;;-1;;+2/p-1. The van der Waals surface area contributed by atoms with Crippen LogP contribution in [0.2, 0.25) is 20.1 Å². The predicted octanol–water partition coefficient (Wildman–Crippen LogP) is 10.2. The zero-order valence-corrected chi connectivity index (χ0v) is 48.1. The number of sulfonamides is 2. The molecule has 0 amide bonds. The van der Waals surface area contributed by atoms with E-state index in [2.05, 4.69) is 25.9 Å². The maximum atomic E-state index is 13.5. The zero-order valence-electron chi connectivity index (χ0n) is 39.7. The molecule has 2 aromatic heterocycles. The summed E-state index contributed by atoms with van der Waals surface area (Å²) in [7, 11) is -6.50. The summed E-state index contributed by atoms with van der Waals surface area (Å²) >= 11 is 26.1. The molecule has 27 heteroatoms. The van der Waals surface area contributed by atoms with Crippen LogP contribution < -0.4 is 21.0 Å². The molecule has 6 rings (SSSR count). The Balaban J connectivity index is 0.000000603. The summed E-state index contributed by atoms with van der Waals surface area (Å²) in [5.41, 5.74) is -0.565. The van der Waals surface area contributed by atoms with Crippen LogP contribution in [-0.4, -0.2) is 88.9 Å². The Morgan fingerprint density at radius 3 is 1.49 bits per heavy atom. The van der Waals surface area contributed by atoms with Crippen molar-refractivity contribution in [1.29, 1.82) is 0 Å². The molecular formula is C47H44BrCl5F6MgN4O8S2. The Kier molecular flexibility index (Phi) is 28.2. The van der Waals surface area contributed by atoms with E-state index in [1.165, 1.54) is 38.7 Å². The van der Waals surface area contributed by atoms with Crippen LogP contribution in [0.4, 0.5) is 37.7 Å². The van der Waals surface area contributed by atoms with Crippen molar-refractivity contribution in [2.24, 2.45) is 0 Å². The van der Waals surface area contributed by atoms with Gasteiger partial charge in [-0.3, -0.25) is 9.78 Å². The van der Waals surface area contributed by atoms with Gasteiger partial charge in [0.25, 0.3) is 20.0 Å². The van der Waals surface area contributed by atoms with Gasteiger partial charge in [0, 0.05) is 42.8 Å². The largest absolute Gasteiger partial charge is 2.00 e. The number of halogens is 12. The van der Waals surface area contributed by atoms with E-state index >= 15 is 0 Å². The van der Waals surface area contributed by atoms with Crippen molar-refractivity contribution in [3.05, 3.63) is 180 Å². The van der Waals surface area contributed by atoms with Crippen molar-refractivity contribution in [2.75, 3.05) is 36.3 Å². The minimum absolute atomic E-state index is 0. The van der Waals surface area contributed by atoms with Gasteiger partial charge in [-0.15, -0.1) is 0 Å². The van der Waals surface area contributed by atoms with Gasteiger partial charge in [-0.25, -0.2) is 30.4 Å². The van der Waals surface area contributed by atoms with Gasteiger partial charge in [0.2, 0.25) is 0 Å². The minimum atomic E-state index is -4.87. The third-order valence-electron chi connectivity index (χ3n) is 9.17. The van der Waals surface area contributed by atoms with Crippen molar-refractivity contribution >= 4 is 123 Å². The fraction of sp³-hybridized carbons (Fsp3) is 0.234. The summed E-state index contributed by atoms with van der Waals surface area (Å²) in [5.74, 6) is 0. The van der Waals surface area contributed by atoms with Crippen LogP contribution in [0.25, 0.3) is 0 Å². The summed E-state index contributed by atoms with van der Waals surface area (Å²) < 4.78 is 144. The number of ether oxygens (including phenoxy) is 2. The molecule has 1 N–H and O–H groups in total. The van der Waals surface area contributed by atoms with E-state index in [0.29, 0.717) is 33.8 Å². The molecule has 1 atom stereocenters. The number of aliphatic hydroxyl groups excluding tert-OH is 1. The van der Waals surface area contributed by atoms with Crippen molar-refractivity contribution < 1.29 is 75.0 Å². The van der Waals surface area contributed by atoms with Crippen molar-refractivity contribution in [2.45, 2.75) is 55.9 Å². The minimum Gasteiger partial charge on any atom is -1.00 e. The monoisotopic (exact) mass is 1250 g/mol. The number of aryl methyl sites for hydroxylation is 2. The molecule has 1 unspecified atom stereocenters. The van der Waals surface area contributed by atoms with Gasteiger partial charge >= 0.3 is 35.4 Å². The summed E-state index contributed by atoms with van der Waals surface area (Å²) in [4.78, 5) is 17.1. The first-order chi connectivity index (χ1) is 33.6. The zero-order chi connectivity index (χ0) is 54.4. The second-order valence-electron chi connectivity index (χ2n) is 14.7. The van der Waals surface area contributed by atoms with Crippen LogP contribution in [0.3, 0.4) is 0 Å². The van der Waals surface area contributed by atoms with E-state index in [0.717, 1.165) is 39.2 Å². The van der Waals surface area contributed by atoms with Crippen LogP contribution in [-0.2, 0) is 41.9 Å². The molecule has 0 saturated carbocycles. The van der Waals surface area contributed by atoms with Crippen molar-refractivity contribution in [1.82, 2.24) is 9.97 Å². The Morgan fingerprint density at radius 2 is 1.08 bits per heavy atom. The number of benzene rings is 4. The number of hydrogen-bond acceptors (Lipinski definition) is 10. The number of hydrogen-bond donors (Lipinski definition) is 1. The molecule has 0 aliphatic rings. The van der Waals surface area contributed by atoms with Gasteiger partial charge in [-0.2, -0.15) is 40.2 Å². The maximum absolute atomic E-state index is 13.5. The number of carbonyl (C=O) groups is 1. The van der Waals surface area contributed by atoms with Crippen LogP contribution in [0.15, 0.2) is 124 Å². The molecule has 0 saturated heterocycles. The molecule has 12 nitrogen and oxygen atoms in total. The molecule has 74 heavy (non-hydrogen) atoms. The van der Waals surface area contributed by atoms with Crippen LogP contribution in [0.1, 0.15) is 63.8 Å². The van der Waals surface area contributed by atoms with E-state index in [1.54, 1.807) is 62.4 Å². The molecule has 0 radical (unpaired) electrons. The Labute approximate surface area is 476 Å². The summed E-state index contributed by atoms with van der Waals surface area (Å²) in [6.07, 6.45) is -5.43. The molecule has 0 aliphatic carbocycles. The van der Waals surface area contributed by atoms with E-state index in [1.807, 2.05) is 20.3 Å². The molecule has 0 spiro atoms. The topological polar surface area (TPSA) is 156 Å². The normalized spacial score (nSPS) is 11.6. The van der Waals surface area contributed by atoms with Gasteiger partial charge in [0.1, 0.15) is 24.2 Å². The maximum Gasteiger partial charge on any atom is 2.00 e. The first-order valence-corrected chi connectivity index (χ1v) is 25.5. The van der Waals surface area contributed by atoms with Crippen molar-refractivity contribution in [3.63, 3.8) is 0 Å². The van der Waals surface area contributed by atoms with Crippen LogP contribution in [0, 0.1) is 20.3 Å². The second kappa shape index (κ2) is 30.4. The number of aldehydes is 1. The number of aromatic nitrogens is 2. The fourth-order valence-corrected chi connectivity index (χ4v) is 10.1. The number of rotatable bonds is 13. The smallest absolute Gasteiger partial charge is 1.00 e. The van der Waals surface area contributed by atoms with E-state index in [4.69, 9.17) is 55.9 Å². The van der Waals surface area contributed by atoms with Crippen LogP contribution in [0.5, 0.6) is 0 Å². The van der Waals surface area contributed by atoms with E-state index in [9.17, 15) is 53.1 Å². The average molecular weight is 1250 g/mol. The third-order valence-corrected chi connectivity index (χ3v) is 14.6. The first-order valence-electron chi connectivity index (χ1n) is 20.3. The van der Waals surface area contributed by atoms with Gasteiger partial charge < -0.3 is 33.4 Å². The molecule has 2 heterocycles. The number of aliphatic hydroxyl groups is 1. The van der Waals surface area contributed by atoms with E-state index < -0.39 is 82.9 Å². The van der Waals surface area contributed by atoms with E-state index in [-0.39, 0.29) is 67.7 Å². The van der Waals surface area contributed by atoms with Crippen LogP contribution >= 0.6 is 62.3 Å². The average Bonchev–Trinajstić information content (AvgIpc) is 3.31. The molecule has 398 valence electrons. The summed E-state index contributed by atoms with van der Waals surface area (Å²) in [6, 6.07) is 20.9. The molecule has 4 aromatic carbocycles. The Morgan fingerprint density at radius 1 is 0.676 bits per heavy atom. The second-order valence-corrected chi connectivity index (χ2v) is 20.8. The molecule has 0 aliphatic heterocycles. The van der Waals surface area contributed by atoms with Gasteiger partial charge in [0.05, 0.1) is 53.1 Å². The molecule has 0 bridgehead atoms. The number of nitrogens with zero attached hydrogens (tertiary/aromatic N) is 4. The number of alkyl halides is 6. The molecule has 6 aromatic rings. The van der Waals surface area contributed by atoms with Crippen molar-refractivity contribution in [3.8, 4) is 0 Å². The quantitative estimate of drug-likeness (QED) is 0.0295. The van der Waals surface area contributed by atoms with Gasteiger partial charge in [-0.05, 0) is 102 Å². The SMILES string of the molecule is COCN(c1cc(C)cnc1Br)S(=O)(=O)c1ccc(Cl)c(C(F)(F)F)c1.COCN(c1cc(C)cnc1C(O)c1ccccc1Cl)S(=O)(=O)c1ccc(Cl)c(C(F)(F)F)c1.C[CH-]C.O=Cc1ccccc1Cl.[Cl-].[Mg+2]. The molecular weight excluding hydrogens is 1210 g/mol. The number of methoxy groups -OCH3 is 2. The van der Waals surface area contributed by atoms with Gasteiger partial charge in [0.15, 0.2) is 6.29 Å². The molecule has 0 fully saturated rings. The number of anilines is 2. The van der Waals surface area contributed by atoms with Gasteiger partial charge in [-0.1, -0.05) is 82.8 Å². The number of carbonyl (C=O) groups excluding carboxylic acids is 1. The number of pyridine rings is 2. The Bertz CT molecular complexity index is 3050. The fourth-order valence-electron chi connectivity index (χ4n) is 5.89. The first kappa shape index (κ1) is 68.5. The third kappa shape index (κ3) is 18.3. The summed E-state index contributed by atoms with van der Waals surface area (Å²) in [6.45, 7) is 6.35. The predicted molar refractivity (Wildman–Crippen MR) is 275 cm³/mol.